The molecule has 2 aromatic carbocycles. The SMILES string of the molecule is O=C(c1cc(-c2n[nH]c(=O)c3ccccc23)ccc1F)N1CCc2cn(C3CC3)nc2C1. The highest BCUT2D eigenvalue weighted by atomic mass is 19.1. The first kappa shape index (κ1) is 18.9. The van der Waals surface area contributed by atoms with Gasteiger partial charge >= 0.3 is 0 Å². The summed E-state index contributed by atoms with van der Waals surface area (Å²) in [5, 5.41) is 12.5. The van der Waals surface area contributed by atoms with Gasteiger partial charge in [0.2, 0.25) is 0 Å². The van der Waals surface area contributed by atoms with Crippen LogP contribution in [0.25, 0.3) is 22.0 Å². The third kappa shape index (κ3) is 3.10. The molecule has 1 saturated carbocycles. The van der Waals surface area contributed by atoms with E-state index in [0.717, 1.165) is 18.5 Å². The average molecular weight is 429 g/mol. The van der Waals surface area contributed by atoms with E-state index in [1.165, 1.54) is 17.7 Å². The van der Waals surface area contributed by atoms with Crippen molar-refractivity contribution in [3.8, 4) is 11.3 Å². The largest absolute Gasteiger partial charge is 0.332 e. The number of fused-ring (bicyclic) bond motifs is 2. The molecule has 1 N–H and O–H groups in total. The van der Waals surface area contributed by atoms with Crippen molar-refractivity contribution >= 4 is 16.7 Å². The molecule has 4 aromatic rings. The van der Waals surface area contributed by atoms with Crippen LogP contribution in [0.1, 0.15) is 40.5 Å². The molecule has 0 spiro atoms. The number of H-pyrrole nitrogens is 1. The Bertz CT molecular complexity index is 1440. The molecule has 1 amide bonds. The van der Waals surface area contributed by atoms with Gasteiger partial charge in [0.25, 0.3) is 11.5 Å². The van der Waals surface area contributed by atoms with Crippen molar-refractivity contribution in [1.82, 2.24) is 24.9 Å². The topological polar surface area (TPSA) is 83.9 Å². The van der Waals surface area contributed by atoms with Crippen molar-refractivity contribution in [2.45, 2.75) is 31.8 Å². The van der Waals surface area contributed by atoms with Crippen molar-refractivity contribution in [2.24, 2.45) is 0 Å². The molecule has 0 atom stereocenters. The number of amides is 1. The quantitative estimate of drug-likeness (QED) is 0.541. The zero-order valence-electron chi connectivity index (χ0n) is 17.2. The molecule has 1 aliphatic heterocycles. The number of hydrogen-bond acceptors (Lipinski definition) is 4. The first-order chi connectivity index (χ1) is 15.6. The standard InChI is InChI=1S/C24H20FN5O2/c25-20-8-5-14(22-17-3-1-2-4-18(17)23(31)27-26-22)11-19(20)24(32)29-10-9-15-12-30(16-6-7-16)28-21(15)13-29/h1-5,8,11-12,16H,6-7,9-10,13H2,(H,27,31). The lowest BCUT2D eigenvalue weighted by Gasteiger charge is -2.26. The fraction of sp³-hybridized carbons (Fsp3) is 0.250. The summed E-state index contributed by atoms with van der Waals surface area (Å²) in [6.45, 7) is 0.892. The maximum atomic E-state index is 14.7. The third-order valence-corrected chi connectivity index (χ3v) is 6.26. The van der Waals surface area contributed by atoms with Gasteiger partial charge in [-0.2, -0.15) is 10.2 Å². The van der Waals surface area contributed by atoms with Crippen LogP contribution in [0.2, 0.25) is 0 Å². The number of aromatic amines is 1. The van der Waals surface area contributed by atoms with Gasteiger partial charge in [-0.25, -0.2) is 9.49 Å². The fourth-order valence-corrected chi connectivity index (χ4v) is 4.36. The number of rotatable bonds is 3. The lowest BCUT2D eigenvalue weighted by atomic mass is 10.0. The summed E-state index contributed by atoms with van der Waals surface area (Å²) in [4.78, 5) is 27.0. The predicted molar refractivity (Wildman–Crippen MR) is 117 cm³/mol. The van der Waals surface area contributed by atoms with E-state index in [2.05, 4.69) is 21.5 Å². The second kappa shape index (κ2) is 7.12. The lowest BCUT2D eigenvalue weighted by molar-refractivity contribution is 0.0727. The Morgan fingerprint density at radius 3 is 2.75 bits per heavy atom. The number of benzene rings is 2. The summed E-state index contributed by atoms with van der Waals surface area (Å²) in [5.41, 5.74) is 2.82. The molecule has 32 heavy (non-hydrogen) atoms. The van der Waals surface area contributed by atoms with E-state index >= 15 is 0 Å². The number of carbonyl (C=O) groups excluding carboxylic acids is 1. The van der Waals surface area contributed by atoms with Gasteiger partial charge < -0.3 is 4.90 Å². The van der Waals surface area contributed by atoms with E-state index < -0.39 is 5.82 Å². The Morgan fingerprint density at radius 1 is 1.12 bits per heavy atom. The lowest BCUT2D eigenvalue weighted by Crippen LogP contribution is -2.36. The molecule has 0 unspecified atom stereocenters. The Hall–Kier alpha value is -3.81. The molecule has 0 saturated heterocycles. The van der Waals surface area contributed by atoms with Crippen molar-refractivity contribution in [2.75, 3.05) is 6.54 Å². The predicted octanol–water partition coefficient (Wildman–Crippen LogP) is 3.46. The highest BCUT2D eigenvalue weighted by molar-refractivity contribution is 5.98. The van der Waals surface area contributed by atoms with E-state index in [0.29, 0.717) is 47.6 Å². The van der Waals surface area contributed by atoms with Crippen LogP contribution in [-0.2, 0) is 13.0 Å². The molecule has 2 aromatic heterocycles. The summed E-state index contributed by atoms with van der Waals surface area (Å²) in [6.07, 6.45) is 5.09. The molecule has 1 fully saturated rings. The van der Waals surface area contributed by atoms with E-state index in [4.69, 9.17) is 0 Å². The number of halogens is 1. The molecular formula is C24H20FN5O2. The average Bonchev–Trinajstić information content (AvgIpc) is 3.58. The summed E-state index contributed by atoms with van der Waals surface area (Å²) in [5.74, 6) is -0.952. The summed E-state index contributed by atoms with van der Waals surface area (Å²) in [7, 11) is 0. The number of nitrogens with zero attached hydrogens (tertiary/aromatic N) is 4. The molecule has 0 bridgehead atoms. The highest BCUT2D eigenvalue weighted by Crippen LogP contribution is 2.35. The van der Waals surface area contributed by atoms with Crippen molar-refractivity contribution < 1.29 is 9.18 Å². The van der Waals surface area contributed by atoms with Crippen LogP contribution in [0, 0.1) is 5.82 Å². The van der Waals surface area contributed by atoms with E-state index in [-0.39, 0.29) is 17.0 Å². The molecule has 1 aliphatic carbocycles. The number of aromatic nitrogens is 4. The van der Waals surface area contributed by atoms with E-state index in [1.807, 2.05) is 10.7 Å². The molecule has 3 heterocycles. The number of carbonyl (C=O) groups is 1. The molecule has 6 rings (SSSR count). The molecule has 7 nitrogen and oxygen atoms in total. The smallest absolute Gasteiger partial charge is 0.272 e. The van der Waals surface area contributed by atoms with Gasteiger partial charge in [-0.15, -0.1) is 0 Å². The Morgan fingerprint density at radius 2 is 1.94 bits per heavy atom. The fourth-order valence-electron chi connectivity index (χ4n) is 4.36. The first-order valence-corrected chi connectivity index (χ1v) is 10.7. The molecule has 8 heteroatoms. The maximum Gasteiger partial charge on any atom is 0.272 e. The zero-order chi connectivity index (χ0) is 21.8. The van der Waals surface area contributed by atoms with Crippen molar-refractivity contribution in [3.63, 3.8) is 0 Å². The highest BCUT2D eigenvalue weighted by Gasteiger charge is 2.30. The van der Waals surface area contributed by atoms with Crippen LogP contribution in [0.5, 0.6) is 0 Å². The Kier molecular flexibility index (Phi) is 4.21. The van der Waals surface area contributed by atoms with E-state index in [9.17, 15) is 14.0 Å². The van der Waals surface area contributed by atoms with Crippen LogP contribution in [0.3, 0.4) is 0 Å². The molecule has 160 valence electrons. The molecule has 0 radical (unpaired) electrons. The van der Waals surface area contributed by atoms with Crippen molar-refractivity contribution in [1.29, 1.82) is 0 Å². The van der Waals surface area contributed by atoms with Crippen LogP contribution in [0.15, 0.2) is 53.5 Å². The van der Waals surface area contributed by atoms with Gasteiger partial charge in [0.15, 0.2) is 0 Å². The second-order valence-corrected chi connectivity index (χ2v) is 8.43. The molecule has 2 aliphatic rings. The number of nitrogens with one attached hydrogen (secondary N) is 1. The summed E-state index contributed by atoms with van der Waals surface area (Å²) in [6, 6.07) is 11.9. The van der Waals surface area contributed by atoms with Gasteiger partial charge in [-0.1, -0.05) is 18.2 Å². The van der Waals surface area contributed by atoms with Crippen LogP contribution >= 0.6 is 0 Å². The van der Waals surface area contributed by atoms with E-state index in [1.54, 1.807) is 29.2 Å². The van der Waals surface area contributed by atoms with Gasteiger partial charge in [-0.05, 0) is 49.1 Å². The first-order valence-electron chi connectivity index (χ1n) is 10.7. The van der Waals surface area contributed by atoms with Gasteiger partial charge in [-0.3, -0.25) is 14.3 Å². The monoisotopic (exact) mass is 429 g/mol. The van der Waals surface area contributed by atoms with Gasteiger partial charge in [0.1, 0.15) is 5.82 Å². The minimum absolute atomic E-state index is 0.00958. The second-order valence-electron chi connectivity index (χ2n) is 8.43. The van der Waals surface area contributed by atoms with Crippen LogP contribution < -0.4 is 5.56 Å². The number of hydrogen-bond donors (Lipinski definition) is 1. The minimum atomic E-state index is -0.582. The van der Waals surface area contributed by atoms with Gasteiger partial charge in [0.05, 0.1) is 34.9 Å². The van der Waals surface area contributed by atoms with Crippen LogP contribution in [-0.4, -0.2) is 37.3 Å². The molecular weight excluding hydrogens is 409 g/mol. The zero-order valence-corrected chi connectivity index (χ0v) is 17.2. The van der Waals surface area contributed by atoms with Gasteiger partial charge in [0, 0.05) is 23.7 Å². The maximum absolute atomic E-state index is 14.7. The normalized spacial score (nSPS) is 15.7. The van der Waals surface area contributed by atoms with Crippen molar-refractivity contribution in [3.05, 3.63) is 81.7 Å². The summed E-state index contributed by atoms with van der Waals surface area (Å²) < 4.78 is 16.7. The van der Waals surface area contributed by atoms with Crippen LogP contribution in [0.4, 0.5) is 4.39 Å². The Labute approximate surface area is 182 Å². The minimum Gasteiger partial charge on any atom is -0.332 e. The Balaban J connectivity index is 1.35. The third-order valence-electron chi connectivity index (χ3n) is 6.26. The summed E-state index contributed by atoms with van der Waals surface area (Å²) >= 11 is 0.